The molecule has 4 rings (SSSR count). The Labute approximate surface area is 197 Å². The van der Waals surface area contributed by atoms with Gasteiger partial charge in [0.15, 0.2) is 5.78 Å². The third-order valence-electron chi connectivity index (χ3n) is 5.17. The lowest BCUT2D eigenvalue weighted by molar-refractivity contribution is -0.123. The summed E-state index contributed by atoms with van der Waals surface area (Å²) in [6.07, 6.45) is -0.169. The van der Waals surface area contributed by atoms with E-state index in [1.807, 2.05) is 6.07 Å². The van der Waals surface area contributed by atoms with Gasteiger partial charge in [-0.2, -0.15) is 0 Å². The SMILES string of the molecule is Cc1nc(SCC(=O)c2ccc(CNC(=O)CO)s2)c2cc(N3CCC(F)(F)C3)ccc2n1. The number of aromatic nitrogens is 2. The molecule has 1 aliphatic heterocycles. The molecule has 2 aromatic heterocycles. The molecule has 1 saturated heterocycles. The number of hydrogen-bond acceptors (Lipinski definition) is 8. The molecule has 3 heterocycles. The van der Waals surface area contributed by atoms with Crippen molar-refractivity contribution in [1.29, 1.82) is 0 Å². The lowest BCUT2D eigenvalue weighted by Gasteiger charge is -2.19. The Morgan fingerprint density at radius 2 is 2.09 bits per heavy atom. The van der Waals surface area contributed by atoms with Crippen LogP contribution in [-0.4, -0.2) is 58.1 Å². The normalized spacial score (nSPS) is 15.2. The highest BCUT2D eigenvalue weighted by Gasteiger charge is 2.38. The Morgan fingerprint density at radius 3 is 2.82 bits per heavy atom. The molecule has 0 saturated carbocycles. The fourth-order valence-electron chi connectivity index (χ4n) is 3.53. The van der Waals surface area contributed by atoms with E-state index < -0.39 is 18.4 Å². The van der Waals surface area contributed by atoms with E-state index in [1.54, 1.807) is 36.1 Å². The van der Waals surface area contributed by atoms with Gasteiger partial charge in [-0.15, -0.1) is 11.3 Å². The lowest BCUT2D eigenvalue weighted by atomic mass is 10.2. The molecule has 0 spiro atoms. The summed E-state index contributed by atoms with van der Waals surface area (Å²) >= 11 is 2.57. The molecule has 0 unspecified atom stereocenters. The molecule has 0 bridgehead atoms. The minimum absolute atomic E-state index is 0.0792. The number of hydrogen-bond donors (Lipinski definition) is 2. The van der Waals surface area contributed by atoms with Crippen molar-refractivity contribution in [1.82, 2.24) is 15.3 Å². The van der Waals surface area contributed by atoms with Gasteiger partial charge in [-0.3, -0.25) is 9.59 Å². The van der Waals surface area contributed by atoms with Gasteiger partial charge in [-0.25, -0.2) is 18.7 Å². The van der Waals surface area contributed by atoms with E-state index in [-0.39, 0.29) is 37.6 Å². The predicted octanol–water partition coefficient (Wildman–Crippen LogP) is 3.43. The van der Waals surface area contributed by atoms with Crippen LogP contribution in [-0.2, 0) is 11.3 Å². The first-order chi connectivity index (χ1) is 15.7. The number of alkyl halides is 2. The van der Waals surface area contributed by atoms with Gasteiger partial charge < -0.3 is 15.3 Å². The molecule has 11 heteroatoms. The van der Waals surface area contributed by atoms with Crippen molar-refractivity contribution in [2.24, 2.45) is 0 Å². The number of amides is 1. The van der Waals surface area contributed by atoms with Gasteiger partial charge in [-0.1, -0.05) is 11.8 Å². The largest absolute Gasteiger partial charge is 0.387 e. The smallest absolute Gasteiger partial charge is 0.266 e. The summed E-state index contributed by atoms with van der Waals surface area (Å²) in [5.74, 6) is -2.53. The maximum Gasteiger partial charge on any atom is 0.266 e. The summed E-state index contributed by atoms with van der Waals surface area (Å²) in [6, 6.07) is 8.88. The second-order valence-corrected chi connectivity index (χ2v) is 9.85. The van der Waals surface area contributed by atoms with E-state index in [0.717, 1.165) is 10.3 Å². The van der Waals surface area contributed by atoms with Crippen LogP contribution in [0.4, 0.5) is 14.5 Å². The molecule has 0 aliphatic carbocycles. The van der Waals surface area contributed by atoms with Crippen molar-refractivity contribution >= 4 is 51.4 Å². The number of Topliss-reactive ketones (excluding diaryl/α,β-unsaturated/α-hetero) is 1. The molecule has 0 atom stereocenters. The maximum atomic E-state index is 13.7. The van der Waals surface area contributed by atoms with E-state index >= 15 is 0 Å². The van der Waals surface area contributed by atoms with Gasteiger partial charge in [-0.05, 0) is 37.3 Å². The number of ketones is 1. The number of aryl methyl sites for hydroxylation is 1. The number of aliphatic hydroxyl groups is 1. The predicted molar refractivity (Wildman–Crippen MR) is 124 cm³/mol. The average molecular weight is 493 g/mol. The number of benzene rings is 1. The summed E-state index contributed by atoms with van der Waals surface area (Å²) < 4.78 is 27.3. The maximum absolute atomic E-state index is 13.7. The Hall–Kier alpha value is -2.63. The van der Waals surface area contributed by atoms with Crippen molar-refractivity contribution in [3.05, 3.63) is 45.9 Å². The molecule has 2 N–H and O–H groups in total. The van der Waals surface area contributed by atoms with Crippen molar-refractivity contribution in [2.75, 3.05) is 30.3 Å². The van der Waals surface area contributed by atoms with Crippen molar-refractivity contribution < 1.29 is 23.5 Å². The van der Waals surface area contributed by atoms with Crippen LogP contribution in [0, 0.1) is 6.92 Å². The van der Waals surface area contributed by atoms with Gasteiger partial charge in [0.05, 0.1) is 29.2 Å². The quantitative estimate of drug-likeness (QED) is 0.283. The highest BCUT2D eigenvalue weighted by atomic mass is 32.2. The monoisotopic (exact) mass is 492 g/mol. The molecular weight excluding hydrogens is 470 g/mol. The van der Waals surface area contributed by atoms with E-state index in [9.17, 15) is 18.4 Å². The lowest BCUT2D eigenvalue weighted by Crippen LogP contribution is -2.25. The molecular formula is C22H22F2N4O3S2. The number of nitrogens with zero attached hydrogens (tertiary/aromatic N) is 3. The van der Waals surface area contributed by atoms with Crippen molar-refractivity contribution in [3.63, 3.8) is 0 Å². The van der Waals surface area contributed by atoms with E-state index in [2.05, 4.69) is 15.3 Å². The zero-order chi connectivity index (χ0) is 23.6. The molecule has 7 nitrogen and oxygen atoms in total. The molecule has 0 radical (unpaired) electrons. The van der Waals surface area contributed by atoms with Crippen LogP contribution in [0.5, 0.6) is 0 Å². The minimum Gasteiger partial charge on any atom is -0.387 e. The van der Waals surface area contributed by atoms with Crippen LogP contribution < -0.4 is 10.2 Å². The first-order valence-electron chi connectivity index (χ1n) is 10.3. The fourth-order valence-corrected chi connectivity index (χ4v) is 5.45. The topological polar surface area (TPSA) is 95.4 Å². The number of thiophene rings is 1. The second-order valence-electron chi connectivity index (χ2n) is 7.72. The fraction of sp³-hybridized carbons (Fsp3) is 0.364. The minimum atomic E-state index is -2.69. The summed E-state index contributed by atoms with van der Waals surface area (Å²) in [5, 5.41) is 12.7. The first-order valence-corrected chi connectivity index (χ1v) is 12.1. The zero-order valence-corrected chi connectivity index (χ0v) is 19.4. The Morgan fingerprint density at radius 1 is 1.27 bits per heavy atom. The third-order valence-corrected chi connectivity index (χ3v) is 7.29. The number of aliphatic hydroxyl groups excluding tert-OH is 1. The van der Waals surface area contributed by atoms with Gasteiger partial charge in [0.25, 0.3) is 5.92 Å². The second kappa shape index (κ2) is 9.70. The Balaban J connectivity index is 1.49. The molecule has 1 aliphatic rings. The van der Waals surface area contributed by atoms with Gasteiger partial charge in [0, 0.05) is 28.9 Å². The average Bonchev–Trinajstić information content (AvgIpc) is 3.41. The number of anilines is 1. The van der Waals surface area contributed by atoms with Crippen LogP contribution in [0.2, 0.25) is 0 Å². The van der Waals surface area contributed by atoms with E-state index in [1.165, 1.54) is 23.1 Å². The van der Waals surface area contributed by atoms with Crippen molar-refractivity contribution in [3.8, 4) is 0 Å². The summed E-state index contributed by atoms with van der Waals surface area (Å²) in [4.78, 5) is 35.9. The number of halogens is 2. The van der Waals surface area contributed by atoms with Crippen LogP contribution >= 0.6 is 23.1 Å². The number of rotatable bonds is 8. The summed E-state index contributed by atoms with van der Waals surface area (Å²) in [7, 11) is 0. The zero-order valence-electron chi connectivity index (χ0n) is 17.8. The van der Waals surface area contributed by atoms with Crippen LogP contribution in [0.1, 0.15) is 26.8 Å². The van der Waals surface area contributed by atoms with Gasteiger partial charge >= 0.3 is 0 Å². The molecule has 33 heavy (non-hydrogen) atoms. The summed E-state index contributed by atoms with van der Waals surface area (Å²) in [6.45, 7) is 1.41. The van der Waals surface area contributed by atoms with Gasteiger partial charge in [0.1, 0.15) is 17.5 Å². The highest BCUT2D eigenvalue weighted by Crippen LogP contribution is 2.34. The van der Waals surface area contributed by atoms with Crippen LogP contribution in [0.25, 0.3) is 10.9 Å². The third kappa shape index (κ3) is 5.66. The molecule has 1 aromatic carbocycles. The number of carbonyl (C=O) groups is 2. The molecule has 1 fully saturated rings. The Kier molecular flexibility index (Phi) is 6.91. The highest BCUT2D eigenvalue weighted by molar-refractivity contribution is 8.00. The number of fused-ring (bicyclic) bond motifs is 1. The summed E-state index contributed by atoms with van der Waals surface area (Å²) in [5.41, 5.74) is 1.39. The molecule has 1 amide bonds. The van der Waals surface area contributed by atoms with Gasteiger partial charge in [0.2, 0.25) is 5.91 Å². The number of carbonyl (C=O) groups excluding carboxylic acids is 2. The molecule has 174 valence electrons. The van der Waals surface area contributed by atoms with E-state index in [4.69, 9.17) is 5.11 Å². The standard InChI is InChI=1S/C22H22F2N4O3S2/c1-13-26-17-4-2-14(28-7-6-22(23,24)12-28)8-16(17)21(27-13)32-11-18(30)19-5-3-15(33-19)9-25-20(31)10-29/h2-5,8,29H,6-7,9-12H2,1H3,(H,25,31). The van der Waals surface area contributed by atoms with Crippen LogP contribution in [0.15, 0.2) is 35.4 Å². The number of nitrogens with one attached hydrogen (secondary N) is 1. The Bertz CT molecular complexity index is 1200. The van der Waals surface area contributed by atoms with Crippen LogP contribution in [0.3, 0.4) is 0 Å². The molecule has 3 aromatic rings. The van der Waals surface area contributed by atoms with Crippen molar-refractivity contribution in [2.45, 2.75) is 30.8 Å². The first kappa shape index (κ1) is 23.5. The number of thioether (sulfide) groups is 1. The van der Waals surface area contributed by atoms with E-state index in [0.29, 0.717) is 26.9 Å².